The van der Waals surface area contributed by atoms with Gasteiger partial charge in [0.05, 0.1) is 13.2 Å². The molecule has 2 aromatic carbocycles. The van der Waals surface area contributed by atoms with Gasteiger partial charge in [-0.25, -0.2) is 4.79 Å². The number of piperazine rings is 1. The van der Waals surface area contributed by atoms with Crippen molar-refractivity contribution in [2.45, 2.75) is 94.6 Å². The molecule has 11 heteroatoms. The Hall–Kier alpha value is -4.02. The molecule has 8 rings (SSSR count). The Kier molecular flexibility index (Phi) is 10.2. The van der Waals surface area contributed by atoms with E-state index in [1.165, 1.54) is 28.8 Å². The fourth-order valence-electron chi connectivity index (χ4n) is 10.1. The Bertz CT molecular complexity index is 1900. The lowest BCUT2D eigenvalue weighted by Gasteiger charge is -2.47. The summed E-state index contributed by atoms with van der Waals surface area (Å²) in [5.41, 5.74) is 4.36. The standard InChI is InChI=1S/C43H53ClN4O6/c1-27(25-52-36-10-15-45-35-9-4-6-28(2)40(35)36)18-30-19-29-20-37-38(54-33(26-53-37)23-48-17-16-47(3)39(49)24-48)22-34(29)42(30)11-13-43(14-12-42,41(50)51)46-32-8-5-7-31(44)21-32/h5,7-8,10,15,20-22,27-28,30,33,46H,4,6,9,11-14,16-19,23-26H2,1-3H3,(H,50,51)/t27-,28-,30+,33-,42?,43?/m1/s1. The maximum Gasteiger partial charge on any atom is 0.329 e. The summed E-state index contributed by atoms with van der Waals surface area (Å²) >= 11 is 6.31. The van der Waals surface area contributed by atoms with Crippen molar-refractivity contribution in [1.82, 2.24) is 14.8 Å². The van der Waals surface area contributed by atoms with Gasteiger partial charge in [0, 0.05) is 54.8 Å². The molecule has 1 saturated carbocycles. The highest BCUT2D eigenvalue weighted by molar-refractivity contribution is 6.30. The molecule has 1 spiro atoms. The normalized spacial score (nSPS) is 28.3. The van der Waals surface area contributed by atoms with Crippen LogP contribution >= 0.6 is 11.6 Å². The summed E-state index contributed by atoms with van der Waals surface area (Å²) in [4.78, 5) is 34.1. The SMILES string of the molecule is C[C@@H](COc1ccnc2c1[C@H](C)CCC2)C[C@H]1Cc2cc3c(cc2C12CCC(Nc1cccc(Cl)c1)(C(=O)O)CC2)O[C@H](CN1CCN(C)C(=O)C1)CO3. The number of fused-ring (bicyclic) bond motifs is 4. The van der Waals surface area contributed by atoms with E-state index in [0.717, 1.165) is 68.0 Å². The number of aryl methyl sites for hydroxylation is 1. The van der Waals surface area contributed by atoms with E-state index >= 15 is 0 Å². The van der Waals surface area contributed by atoms with E-state index in [-0.39, 0.29) is 23.3 Å². The second-order valence-corrected chi connectivity index (χ2v) is 17.2. The molecule has 0 bridgehead atoms. The first-order valence-electron chi connectivity index (χ1n) is 19.8. The van der Waals surface area contributed by atoms with E-state index < -0.39 is 11.5 Å². The minimum absolute atomic E-state index is 0.123. The Morgan fingerprint density at radius 1 is 1.15 bits per heavy atom. The van der Waals surface area contributed by atoms with Crippen LogP contribution in [0.1, 0.15) is 87.1 Å². The van der Waals surface area contributed by atoms with E-state index in [9.17, 15) is 14.7 Å². The zero-order valence-corrected chi connectivity index (χ0v) is 32.5. The van der Waals surface area contributed by atoms with Crippen LogP contribution in [0.4, 0.5) is 5.69 Å². The Balaban J connectivity index is 1.04. The first-order valence-corrected chi connectivity index (χ1v) is 20.2. The van der Waals surface area contributed by atoms with Crippen LogP contribution < -0.4 is 19.5 Å². The lowest BCUT2D eigenvalue weighted by atomic mass is 9.59. The maximum atomic E-state index is 13.1. The largest absolute Gasteiger partial charge is 0.493 e. The first kappa shape index (κ1) is 36.9. The number of carbonyl (C=O) groups is 2. The monoisotopic (exact) mass is 756 g/mol. The number of aromatic nitrogens is 1. The molecule has 0 radical (unpaired) electrons. The molecule has 5 aliphatic rings. The van der Waals surface area contributed by atoms with Crippen molar-refractivity contribution in [1.29, 1.82) is 0 Å². The van der Waals surface area contributed by atoms with Crippen molar-refractivity contribution in [3.8, 4) is 17.2 Å². The number of benzene rings is 2. The van der Waals surface area contributed by atoms with Crippen molar-refractivity contribution in [2.75, 3.05) is 51.8 Å². The van der Waals surface area contributed by atoms with E-state index in [4.69, 9.17) is 25.8 Å². The molecule has 288 valence electrons. The summed E-state index contributed by atoms with van der Waals surface area (Å²) in [5.74, 6) is 2.78. The van der Waals surface area contributed by atoms with Gasteiger partial charge in [0.25, 0.3) is 0 Å². The van der Waals surface area contributed by atoms with Gasteiger partial charge >= 0.3 is 5.97 Å². The number of amides is 1. The van der Waals surface area contributed by atoms with E-state index in [1.807, 2.05) is 31.4 Å². The highest BCUT2D eigenvalue weighted by Gasteiger charge is 2.54. The smallest absolute Gasteiger partial charge is 0.329 e. The summed E-state index contributed by atoms with van der Waals surface area (Å²) in [6.07, 6.45) is 9.27. The van der Waals surface area contributed by atoms with Crippen molar-refractivity contribution in [3.05, 3.63) is 76.1 Å². The number of carbonyl (C=O) groups excluding carboxylic acids is 1. The number of anilines is 1. The quantitative estimate of drug-likeness (QED) is 0.224. The van der Waals surface area contributed by atoms with Gasteiger partial charge in [0.2, 0.25) is 5.91 Å². The molecule has 3 aromatic rings. The highest BCUT2D eigenvalue weighted by atomic mass is 35.5. The topological polar surface area (TPSA) is 113 Å². The average Bonchev–Trinajstić information content (AvgIpc) is 3.42. The van der Waals surface area contributed by atoms with Crippen molar-refractivity contribution >= 4 is 29.2 Å². The predicted molar refractivity (Wildman–Crippen MR) is 208 cm³/mol. The molecule has 10 nitrogen and oxygen atoms in total. The first-order chi connectivity index (χ1) is 26.0. The zero-order valence-electron chi connectivity index (χ0n) is 31.7. The number of rotatable bonds is 10. The number of nitrogens with zero attached hydrogens (tertiary/aromatic N) is 3. The molecule has 1 saturated heterocycles. The summed E-state index contributed by atoms with van der Waals surface area (Å²) in [7, 11) is 1.85. The number of hydrogen-bond acceptors (Lipinski definition) is 8. The number of hydrogen-bond donors (Lipinski definition) is 2. The van der Waals surface area contributed by atoms with Crippen LogP contribution in [0.2, 0.25) is 5.02 Å². The third kappa shape index (κ3) is 7.12. The lowest BCUT2D eigenvalue weighted by Crippen LogP contribution is -2.53. The van der Waals surface area contributed by atoms with Gasteiger partial charge in [-0.1, -0.05) is 31.5 Å². The van der Waals surface area contributed by atoms with Crippen LogP contribution in [0, 0.1) is 11.8 Å². The minimum atomic E-state index is -1.10. The van der Waals surface area contributed by atoms with Gasteiger partial charge in [0.15, 0.2) is 11.5 Å². The number of ether oxygens (including phenoxy) is 3. The third-order valence-electron chi connectivity index (χ3n) is 13.1. The fourth-order valence-corrected chi connectivity index (χ4v) is 10.2. The number of halogens is 1. The molecule has 2 fully saturated rings. The van der Waals surface area contributed by atoms with E-state index in [1.54, 1.807) is 17.0 Å². The Morgan fingerprint density at radius 3 is 2.76 bits per heavy atom. The number of likely N-dealkylation sites (N-methyl/N-ethyl adjacent to an activating group) is 1. The highest BCUT2D eigenvalue weighted by Crippen LogP contribution is 2.58. The fraction of sp³-hybridized carbons (Fsp3) is 0.558. The van der Waals surface area contributed by atoms with Crippen LogP contribution in [0.15, 0.2) is 48.7 Å². The maximum absolute atomic E-state index is 13.1. The average molecular weight is 757 g/mol. The van der Waals surface area contributed by atoms with Crippen molar-refractivity contribution in [3.63, 3.8) is 0 Å². The molecule has 3 heterocycles. The molecular formula is C43H53ClN4O6. The molecule has 1 amide bonds. The molecule has 54 heavy (non-hydrogen) atoms. The molecular weight excluding hydrogens is 704 g/mol. The summed E-state index contributed by atoms with van der Waals surface area (Å²) in [6.45, 7) is 8.13. The minimum Gasteiger partial charge on any atom is -0.493 e. The molecule has 3 aliphatic carbocycles. The van der Waals surface area contributed by atoms with Gasteiger partial charge in [-0.3, -0.25) is 14.7 Å². The van der Waals surface area contributed by atoms with E-state index in [0.29, 0.717) is 62.5 Å². The van der Waals surface area contributed by atoms with Gasteiger partial charge < -0.3 is 29.5 Å². The molecule has 2 N–H and O–H groups in total. The van der Waals surface area contributed by atoms with Crippen LogP contribution in [-0.4, -0.2) is 89.9 Å². The molecule has 0 unspecified atom stereocenters. The van der Waals surface area contributed by atoms with Crippen LogP contribution in [-0.2, 0) is 27.8 Å². The summed E-state index contributed by atoms with van der Waals surface area (Å²) in [5, 5.41) is 14.7. The Labute approximate surface area is 323 Å². The second kappa shape index (κ2) is 14.9. The van der Waals surface area contributed by atoms with Gasteiger partial charge in [-0.2, -0.15) is 0 Å². The van der Waals surface area contributed by atoms with Crippen molar-refractivity contribution < 1.29 is 28.9 Å². The van der Waals surface area contributed by atoms with Gasteiger partial charge in [0.1, 0.15) is 24.0 Å². The number of aliphatic carboxylic acids is 1. The number of pyridine rings is 1. The lowest BCUT2D eigenvalue weighted by molar-refractivity contribution is -0.144. The van der Waals surface area contributed by atoms with Crippen LogP contribution in [0.25, 0.3) is 0 Å². The summed E-state index contributed by atoms with van der Waals surface area (Å²) < 4.78 is 19.6. The molecule has 1 aromatic heterocycles. The Morgan fingerprint density at radius 2 is 1.98 bits per heavy atom. The van der Waals surface area contributed by atoms with Gasteiger partial charge in [-0.15, -0.1) is 0 Å². The molecule has 2 aliphatic heterocycles. The molecule has 4 atom stereocenters. The number of carboxylic acid groups (broad SMARTS) is 1. The van der Waals surface area contributed by atoms with Crippen LogP contribution in [0.5, 0.6) is 17.2 Å². The van der Waals surface area contributed by atoms with Crippen molar-refractivity contribution in [2.24, 2.45) is 11.8 Å². The number of nitrogens with one attached hydrogen (secondary N) is 1. The van der Waals surface area contributed by atoms with Gasteiger partial charge in [-0.05, 0) is 128 Å². The zero-order chi connectivity index (χ0) is 37.6. The summed E-state index contributed by atoms with van der Waals surface area (Å²) in [6, 6.07) is 13.7. The predicted octanol–water partition coefficient (Wildman–Crippen LogP) is 7.11. The number of carboxylic acids is 1. The second-order valence-electron chi connectivity index (χ2n) is 16.8. The van der Waals surface area contributed by atoms with Crippen LogP contribution in [0.3, 0.4) is 0 Å². The third-order valence-corrected chi connectivity index (χ3v) is 13.3. The van der Waals surface area contributed by atoms with E-state index in [2.05, 4.69) is 41.2 Å².